The number of aromatic nitrogens is 2. The maximum absolute atomic E-state index is 4.89. The van der Waals surface area contributed by atoms with Gasteiger partial charge in [0.15, 0.2) is 0 Å². The van der Waals surface area contributed by atoms with Crippen LogP contribution < -0.4 is 10.2 Å². The van der Waals surface area contributed by atoms with E-state index in [9.17, 15) is 0 Å². The molecule has 118 valence electrons. The SMILES string of the molecule is CCCc1nc(NC)c(C)c(N2CC(C)CC(C)C2C)n1. The fraction of sp³-hybridized carbons (Fsp3) is 0.765. The third-order valence-electron chi connectivity index (χ3n) is 4.75. The fourth-order valence-corrected chi connectivity index (χ4v) is 3.40. The summed E-state index contributed by atoms with van der Waals surface area (Å²) in [6, 6.07) is 0.536. The van der Waals surface area contributed by atoms with E-state index in [2.05, 4.69) is 49.8 Å². The maximum Gasteiger partial charge on any atom is 0.137 e. The van der Waals surface area contributed by atoms with E-state index in [1.807, 2.05) is 7.05 Å². The van der Waals surface area contributed by atoms with Crippen LogP contribution in [0.25, 0.3) is 0 Å². The van der Waals surface area contributed by atoms with Crippen LogP contribution in [0.1, 0.15) is 51.9 Å². The van der Waals surface area contributed by atoms with Crippen LogP contribution in [-0.2, 0) is 6.42 Å². The van der Waals surface area contributed by atoms with E-state index in [0.29, 0.717) is 12.0 Å². The molecule has 21 heavy (non-hydrogen) atoms. The number of aryl methyl sites for hydroxylation is 1. The van der Waals surface area contributed by atoms with Crippen molar-refractivity contribution < 1.29 is 0 Å². The van der Waals surface area contributed by atoms with Crippen molar-refractivity contribution in [3.8, 4) is 0 Å². The van der Waals surface area contributed by atoms with Gasteiger partial charge in [0.25, 0.3) is 0 Å². The molecule has 4 heteroatoms. The Morgan fingerprint density at radius 3 is 2.57 bits per heavy atom. The predicted octanol–water partition coefficient (Wildman–Crippen LogP) is 3.65. The highest BCUT2D eigenvalue weighted by Gasteiger charge is 2.31. The van der Waals surface area contributed by atoms with Crippen molar-refractivity contribution in [3.05, 3.63) is 11.4 Å². The summed E-state index contributed by atoms with van der Waals surface area (Å²) in [5, 5.41) is 3.23. The van der Waals surface area contributed by atoms with Crippen molar-refractivity contribution >= 4 is 11.6 Å². The Morgan fingerprint density at radius 2 is 1.95 bits per heavy atom. The van der Waals surface area contributed by atoms with Gasteiger partial charge in [0, 0.05) is 31.6 Å². The minimum Gasteiger partial charge on any atom is -0.373 e. The van der Waals surface area contributed by atoms with Gasteiger partial charge in [-0.2, -0.15) is 0 Å². The topological polar surface area (TPSA) is 41.1 Å². The molecule has 0 aromatic carbocycles. The van der Waals surface area contributed by atoms with Crippen LogP contribution in [0.5, 0.6) is 0 Å². The van der Waals surface area contributed by atoms with Gasteiger partial charge in [-0.3, -0.25) is 0 Å². The Kier molecular flexibility index (Phi) is 5.07. The minimum atomic E-state index is 0.536. The average molecular weight is 290 g/mol. The van der Waals surface area contributed by atoms with Crippen molar-refractivity contribution in [2.24, 2.45) is 11.8 Å². The van der Waals surface area contributed by atoms with Gasteiger partial charge in [-0.05, 0) is 38.5 Å². The zero-order valence-electron chi connectivity index (χ0n) is 14.4. The highest BCUT2D eigenvalue weighted by Crippen LogP contribution is 2.33. The van der Waals surface area contributed by atoms with E-state index in [0.717, 1.165) is 42.8 Å². The van der Waals surface area contributed by atoms with Crippen LogP contribution in [0.4, 0.5) is 11.6 Å². The van der Waals surface area contributed by atoms with Crippen LogP contribution in [0.15, 0.2) is 0 Å². The highest BCUT2D eigenvalue weighted by molar-refractivity contribution is 5.59. The summed E-state index contributed by atoms with van der Waals surface area (Å²) in [6.45, 7) is 12.4. The third kappa shape index (κ3) is 3.30. The van der Waals surface area contributed by atoms with Crippen molar-refractivity contribution in [3.63, 3.8) is 0 Å². The first-order valence-electron chi connectivity index (χ1n) is 8.29. The maximum atomic E-state index is 4.89. The van der Waals surface area contributed by atoms with Crippen molar-refractivity contribution in [1.29, 1.82) is 0 Å². The zero-order valence-corrected chi connectivity index (χ0v) is 14.4. The number of anilines is 2. The van der Waals surface area contributed by atoms with Gasteiger partial charge >= 0.3 is 0 Å². The second-order valence-corrected chi connectivity index (χ2v) is 6.65. The number of hydrogen-bond donors (Lipinski definition) is 1. The van der Waals surface area contributed by atoms with E-state index in [-0.39, 0.29) is 0 Å². The molecular formula is C17H30N4. The van der Waals surface area contributed by atoms with Gasteiger partial charge in [-0.1, -0.05) is 20.8 Å². The Balaban J connectivity index is 2.43. The molecule has 3 atom stereocenters. The quantitative estimate of drug-likeness (QED) is 0.919. The lowest BCUT2D eigenvalue weighted by Crippen LogP contribution is -2.46. The van der Waals surface area contributed by atoms with Gasteiger partial charge < -0.3 is 10.2 Å². The molecule has 0 bridgehead atoms. The molecule has 1 aromatic rings. The smallest absolute Gasteiger partial charge is 0.137 e. The zero-order chi connectivity index (χ0) is 15.6. The summed E-state index contributed by atoms with van der Waals surface area (Å²) >= 11 is 0. The molecule has 1 fully saturated rings. The molecule has 1 N–H and O–H groups in total. The van der Waals surface area contributed by atoms with E-state index in [1.54, 1.807) is 0 Å². The normalized spacial score (nSPS) is 26.0. The van der Waals surface area contributed by atoms with Crippen molar-refractivity contribution in [2.45, 2.75) is 59.9 Å². The van der Waals surface area contributed by atoms with Crippen LogP contribution in [0.3, 0.4) is 0 Å². The molecule has 1 aliphatic heterocycles. The number of rotatable bonds is 4. The molecule has 0 radical (unpaired) electrons. The summed E-state index contributed by atoms with van der Waals surface area (Å²) in [6.07, 6.45) is 3.33. The molecule has 2 rings (SSSR count). The molecule has 4 nitrogen and oxygen atoms in total. The van der Waals surface area contributed by atoms with Gasteiger partial charge in [0.1, 0.15) is 17.5 Å². The van der Waals surface area contributed by atoms with Gasteiger partial charge in [-0.25, -0.2) is 9.97 Å². The first-order valence-corrected chi connectivity index (χ1v) is 8.29. The van der Waals surface area contributed by atoms with Crippen LogP contribution >= 0.6 is 0 Å². The minimum absolute atomic E-state index is 0.536. The fourth-order valence-electron chi connectivity index (χ4n) is 3.40. The molecule has 0 saturated carbocycles. The van der Waals surface area contributed by atoms with E-state index in [1.165, 1.54) is 12.0 Å². The second kappa shape index (κ2) is 6.63. The summed E-state index contributed by atoms with van der Waals surface area (Å²) in [5.41, 5.74) is 1.17. The van der Waals surface area contributed by atoms with Crippen LogP contribution in [0, 0.1) is 18.8 Å². The number of hydrogen-bond acceptors (Lipinski definition) is 4. The highest BCUT2D eigenvalue weighted by atomic mass is 15.2. The van der Waals surface area contributed by atoms with Crippen molar-refractivity contribution in [2.75, 3.05) is 23.8 Å². The number of nitrogens with zero attached hydrogens (tertiary/aromatic N) is 3. The molecule has 2 heterocycles. The lowest BCUT2D eigenvalue weighted by Gasteiger charge is -2.42. The van der Waals surface area contributed by atoms with Gasteiger partial charge in [-0.15, -0.1) is 0 Å². The Labute approximate surface area is 129 Å². The molecule has 1 saturated heterocycles. The third-order valence-corrected chi connectivity index (χ3v) is 4.75. The molecule has 3 unspecified atom stereocenters. The Hall–Kier alpha value is -1.32. The second-order valence-electron chi connectivity index (χ2n) is 6.65. The summed E-state index contributed by atoms with van der Waals surface area (Å²) < 4.78 is 0. The molecular weight excluding hydrogens is 260 g/mol. The Bertz CT molecular complexity index is 486. The molecule has 0 amide bonds. The Morgan fingerprint density at radius 1 is 1.24 bits per heavy atom. The molecule has 0 spiro atoms. The van der Waals surface area contributed by atoms with Crippen LogP contribution in [0.2, 0.25) is 0 Å². The van der Waals surface area contributed by atoms with E-state index < -0.39 is 0 Å². The first-order chi connectivity index (χ1) is 9.97. The van der Waals surface area contributed by atoms with Gasteiger partial charge in [0.05, 0.1) is 0 Å². The van der Waals surface area contributed by atoms with Gasteiger partial charge in [0.2, 0.25) is 0 Å². The summed E-state index contributed by atoms with van der Waals surface area (Å²) in [7, 11) is 1.94. The molecule has 1 aliphatic rings. The first kappa shape index (κ1) is 16.1. The lowest BCUT2D eigenvalue weighted by atomic mass is 9.86. The lowest BCUT2D eigenvalue weighted by molar-refractivity contribution is 0.295. The predicted molar refractivity (Wildman–Crippen MR) is 90.1 cm³/mol. The summed E-state index contributed by atoms with van der Waals surface area (Å²) in [4.78, 5) is 12.0. The molecule has 1 aromatic heterocycles. The standard InChI is InChI=1S/C17H30N4/c1-7-8-15-19-16(18-6)13(4)17(20-15)21-10-11(2)9-12(3)14(21)5/h11-12,14H,7-10H2,1-6H3,(H,18,19,20). The average Bonchev–Trinajstić information content (AvgIpc) is 2.45. The largest absolute Gasteiger partial charge is 0.373 e. The van der Waals surface area contributed by atoms with E-state index in [4.69, 9.17) is 4.98 Å². The van der Waals surface area contributed by atoms with Crippen LogP contribution in [-0.4, -0.2) is 29.6 Å². The monoisotopic (exact) mass is 290 g/mol. The van der Waals surface area contributed by atoms with Crippen molar-refractivity contribution in [1.82, 2.24) is 9.97 Å². The number of piperidine rings is 1. The summed E-state index contributed by atoms with van der Waals surface area (Å²) in [5.74, 6) is 4.49. The molecule has 0 aliphatic carbocycles. The number of nitrogens with one attached hydrogen (secondary N) is 1. The van der Waals surface area contributed by atoms with E-state index >= 15 is 0 Å².